The molecule has 1 aromatic rings. The predicted octanol–water partition coefficient (Wildman–Crippen LogP) is 2.17. The fourth-order valence-corrected chi connectivity index (χ4v) is 4.11. The quantitative estimate of drug-likeness (QED) is 0.809. The highest BCUT2D eigenvalue weighted by molar-refractivity contribution is 5.92. The minimum atomic E-state index is -0.366. The second-order valence-corrected chi connectivity index (χ2v) is 7.76. The van der Waals surface area contributed by atoms with Crippen molar-refractivity contribution in [3.05, 3.63) is 30.1 Å². The van der Waals surface area contributed by atoms with Gasteiger partial charge < -0.3 is 10.2 Å². The van der Waals surface area contributed by atoms with E-state index in [1.54, 1.807) is 12.1 Å². The van der Waals surface area contributed by atoms with Crippen LogP contribution in [0.4, 0.5) is 10.1 Å². The average molecular weight is 391 g/mol. The molecule has 2 aliphatic heterocycles. The molecule has 2 amide bonds. The SMILES string of the molecule is CC[C@@H]1CCCCN1C(=O)CN1CCN(CC(=O)Nc2cccc(F)c2)CC1. The fraction of sp³-hybridized carbons (Fsp3) is 0.619. The molecule has 0 unspecified atom stereocenters. The number of likely N-dealkylation sites (tertiary alicyclic amines) is 1. The molecule has 7 heteroatoms. The van der Waals surface area contributed by atoms with Crippen LogP contribution in [-0.4, -0.2) is 78.4 Å². The number of benzene rings is 1. The first-order valence-electron chi connectivity index (χ1n) is 10.3. The Morgan fingerprint density at radius 2 is 1.79 bits per heavy atom. The van der Waals surface area contributed by atoms with Crippen molar-refractivity contribution in [1.29, 1.82) is 0 Å². The molecule has 0 saturated carbocycles. The molecular formula is C21H31FN4O2. The van der Waals surface area contributed by atoms with Crippen LogP contribution in [0, 0.1) is 5.82 Å². The Morgan fingerprint density at radius 1 is 1.07 bits per heavy atom. The Bertz CT molecular complexity index is 676. The summed E-state index contributed by atoms with van der Waals surface area (Å²) in [7, 11) is 0. The van der Waals surface area contributed by atoms with E-state index in [1.807, 2.05) is 0 Å². The number of halogens is 1. The highest BCUT2D eigenvalue weighted by atomic mass is 19.1. The number of piperidine rings is 1. The lowest BCUT2D eigenvalue weighted by atomic mass is 10.00. The molecule has 6 nitrogen and oxygen atoms in total. The summed E-state index contributed by atoms with van der Waals surface area (Å²) < 4.78 is 13.2. The van der Waals surface area contributed by atoms with E-state index < -0.39 is 0 Å². The van der Waals surface area contributed by atoms with E-state index in [0.29, 0.717) is 18.3 Å². The van der Waals surface area contributed by atoms with Crippen molar-refractivity contribution >= 4 is 17.5 Å². The van der Waals surface area contributed by atoms with Gasteiger partial charge in [0.1, 0.15) is 5.82 Å². The van der Waals surface area contributed by atoms with Gasteiger partial charge in [-0.05, 0) is 43.9 Å². The number of piperazine rings is 1. The zero-order valence-electron chi connectivity index (χ0n) is 16.7. The molecule has 1 atom stereocenters. The fourth-order valence-electron chi connectivity index (χ4n) is 4.11. The van der Waals surface area contributed by atoms with Gasteiger partial charge in [-0.25, -0.2) is 4.39 Å². The van der Waals surface area contributed by atoms with E-state index in [2.05, 4.69) is 26.9 Å². The molecule has 3 rings (SSSR count). The van der Waals surface area contributed by atoms with E-state index in [4.69, 9.17) is 0 Å². The zero-order chi connectivity index (χ0) is 19.9. The summed E-state index contributed by atoms with van der Waals surface area (Å²) in [4.78, 5) is 31.2. The molecule has 0 aromatic heterocycles. The van der Waals surface area contributed by atoms with E-state index in [1.165, 1.54) is 18.6 Å². The van der Waals surface area contributed by atoms with Crippen molar-refractivity contribution in [2.45, 2.75) is 38.6 Å². The van der Waals surface area contributed by atoms with Crippen LogP contribution in [0.15, 0.2) is 24.3 Å². The van der Waals surface area contributed by atoms with Crippen molar-refractivity contribution in [2.75, 3.05) is 51.1 Å². The number of hydrogen-bond acceptors (Lipinski definition) is 4. The van der Waals surface area contributed by atoms with E-state index in [9.17, 15) is 14.0 Å². The van der Waals surface area contributed by atoms with Crippen molar-refractivity contribution in [2.24, 2.45) is 0 Å². The molecule has 28 heavy (non-hydrogen) atoms. The lowest BCUT2D eigenvalue weighted by Crippen LogP contribution is -2.53. The maximum Gasteiger partial charge on any atom is 0.238 e. The first-order valence-corrected chi connectivity index (χ1v) is 10.3. The summed E-state index contributed by atoms with van der Waals surface area (Å²) in [6.07, 6.45) is 4.48. The Kier molecular flexibility index (Phi) is 7.39. The van der Waals surface area contributed by atoms with Crippen molar-refractivity contribution in [1.82, 2.24) is 14.7 Å². The molecule has 154 valence electrons. The number of hydrogen-bond donors (Lipinski definition) is 1. The van der Waals surface area contributed by atoms with Gasteiger partial charge in [-0.1, -0.05) is 13.0 Å². The third kappa shape index (κ3) is 5.75. The Labute approximate surface area is 166 Å². The number of carbonyl (C=O) groups is 2. The van der Waals surface area contributed by atoms with Crippen molar-refractivity contribution in [3.8, 4) is 0 Å². The van der Waals surface area contributed by atoms with Gasteiger partial charge in [-0.15, -0.1) is 0 Å². The monoisotopic (exact) mass is 390 g/mol. The molecule has 2 fully saturated rings. The third-order valence-corrected chi connectivity index (χ3v) is 5.72. The van der Waals surface area contributed by atoms with Gasteiger partial charge in [-0.3, -0.25) is 19.4 Å². The smallest absolute Gasteiger partial charge is 0.238 e. The van der Waals surface area contributed by atoms with E-state index in [-0.39, 0.29) is 24.2 Å². The van der Waals surface area contributed by atoms with Crippen LogP contribution in [0.2, 0.25) is 0 Å². The number of amides is 2. The number of nitrogens with zero attached hydrogens (tertiary/aromatic N) is 3. The number of nitrogens with one attached hydrogen (secondary N) is 1. The van der Waals surface area contributed by atoms with Crippen LogP contribution in [0.5, 0.6) is 0 Å². The molecule has 2 aliphatic rings. The van der Waals surface area contributed by atoms with Crippen LogP contribution in [0.1, 0.15) is 32.6 Å². The number of anilines is 1. The summed E-state index contributed by atoms with van der Waals surface area (Å²) in [5.74, 6) is -0.270. The van der Waals surface area contributed by atoms with Gasteiger partial charge in [0.2, 0.25) is 11.8 Å². The van der Waals surface area contributed by atoms with Crippen LogP contribution in [0.25, 0.3) is 0 Å². The maximum absolute atomic E-state index is 13.2. The number of carbonyl (C=O) groups excluding carboxylic acids is 2. The molecule has 0 bridgehead atoms. The van der Waals surface area contributed by atoms with Crippen LogP contribution >= 0.6 is 0 Å². The first-order chi connectivity index (χ1) is 13.5. The highest BCUT2D eigenvalue weighted by Crippen LogP contribution is 2.20. The van der Waals surface area contributed by atoms with Crippen molar-refractivity contribution in [3.63, 3.8) is 0 Å². The minimum absolute atomic E-state index is 0.144. The van der Waals surface area contributed by atoms with Gasteiger partial charge in [0, 0.05) is 44.5 Å². The Hall–Kier alpha value is -1.99. The lowest BCUT2D eigenvalue weighted by molar-refractivity contribution is -0.136. The summed E-state index contributed by atoms with van der Waals surface area (Å²) >= 11 is 0. The summed E-state index contributed by atoms with van der Waals surface area (Å²) in [6.45, 7) is 6.86. The molecule has 0 spiro atoms. The molecule has 1 N–H and O–H groups in total. The molecule has 2 heterocycles. The predicted molar refractivity (Wildman–Crippen MR) is 108 cm³/mol. The Morgan fingerprint density at radius 3 is 2.46 bits per heavy atom. The molecule has 2 saturated heterocycles. The van der Waals surface area contributed by atoms with Crippen LogP contribution in [-0.2, 0) is 9.59 Å². The molecule has 1 aromatic carbocycles. The Balaban J connectivity index is 1.40. The van der Waals surface area contributed by atoms with Gasteiger partial charge in [0.05, 0.1) is 13.1 Å². The average Bonchev–Trinajstić information content (AvgIpc) is 2.69. The van der Waals surface area contributed by atoms with Crippen LogP contribution < -0.4 is 5.32 Å². The maximum atomic E-state index is 13.2. The van der Waals surface area contributed by atoms with Crippen molar-refractivity contribution < 1.29 is 14.0 Å². The van der Waals surface area contributed by atoms with Gasteiger partial charge in [0.25, 0.3) is 0 Å². The summed E-state index contributed by atoms with van der Waals surface area (Å²) in [6, 6.07) is 6.31. The highest BCUT2D eigenvalue weighted by Gasteiger charge is 2.27. The second kappa shape index (κ2) is 9.98. The second-order valence-electron chi connectivity index (χ2n) is 7.76. The van der Waals surface area contributed by atoms with Gasteiger partial charge >= 0.3 is 0 Å². The largest absolute Gasteiger partial charge is 0.339 e. The molecule has 0 aliphatic carbocycles. The van der Waals surface area contributed by atoms with Gasteiger partial charge in [-0.2, -0.15) is 0 Å². The van der Waals surface area contributed by atoms with E-state index in [0.717, 1.165) is 52.0 Å². The third-order valence-electron chi connectivity index (χ3n) is 5.72. The summed E-state index contributed by atoms with van der Waals surface area (Å²) in [5.41, 5.74) is 0.473. The van der Waals surface area contributed by atoms with Gasteiger partial charge in [0.15, 0.2) is 0 Å². The minimum Gasteiger partial charge on any atom is -0.339 e. The molecule has 0 radical (unpaired) electrons. The van der Waals surface area contributed by atoms with Crippen LogP contribution in [0.3, 0.4) is 0 Å². The first kappa shape index (κ1) is 20.7. The van der Waals surface area contributed by atoms with E-state index >= 15 is 0 Å². The normalized spacial score (nSPS) is 21.5. The summed E-state index contributed by atoms with van der Waals surface area (Å²) in [5, 5.41) is 2.73. The number of rotatable bonds is 6. The topological polar surface area (TPSA) is 55.9 Å². The lowest BCUT2D eigenvalue weighted by Gasteiger charge is -2.38. The standard InChI is InChI=1S/C21H31FN4O2/c1-2-19-8-3-4-9-26(19)21(28)16-25-12-10-24(11-13-25)15-20(27)23-18-7-5-6-17(22)14-18/h5-7,14,19H,2-4,8-13,15-16H2,1H3,(H,23,27)/t19-/m1/s1. The molecular weight excluding hydrogens is 359 g/mol. The zero-order valence-corrected chi connectivity index (χ0v) is 16.7.